The molecule has 1 heterocycles. The number of unbranched alkanes of at least 4 members (excludes halogenated alkanes) is 1. The van der Waals surface area contributed by atoms with Crippen molar-refractivity contribution in [1.29, 1.82) is 0 Å². The lowest BCUT2D eigenvalue weighted by molar-refractivity contribution is 0.286. The lowest BCUT2D eigenvalue weighted by Gasteiger charge is -2.22. The van der Waals surface area contributed by atoms with E-state index in [1.807, 2.05) is 11.8 Å². The summed E-state index contributed by atoms with van der Waals surface area (Å²) in [5.41, 5.74) is 0. The highest BCUT2D eigenvalue weighted by molar-refractivity contribution is 7.99. The van der Waals surface area contributed by atoms with Crippen molar-refractivity contribution in [3.8, 4) is 0 Å². The first-order chi connectivity index (χ1) is 7.08. The van der Waals surface area contributed by atoms with E-state index < -0.39 is 10.0 Å². The second-order valence-electron chi connectivity index (χ2n) is 3.78. The van der Waals surface area contributed by atoms with Crippen molar-refractivity contribution in [2.45, 2.75) is 25.3 Å². The van der Waals surface area contributed by atoms with Gasteiger partial charge in [-0.2, -0.15) is 11.8 Å². The summed E-state index contributed by atoms with van der Waals surface area (Å²) in [5.74, 6) is 2.13. The first kappa shape index (κ1) is 13.3. The van der Waals surface area contributed by atoms with Crippen molar-refractivity contribution in [1.82, 2.24) is 4.31 Å². The van der Waals surface area contributed by atoms with Gasteiger partial charge in [0.1, 0.15) is 0 Å². The van der Waals surface area contributed by atoms with Crippen LogP contribution in [-0.2, 0) is 10.0 Å². The number of hydrogen-bond acceptors (Lipinski definition) is 4. The Kier molecular flexibility index (Phi) is 5.38. The summed E-state index contributed by atoms with van der Waals surface area (Å²) < 4.78 is 25.2. The molecule has 1 saturated heterocycles. The molecule has 1 aliphatic rings. The second kappa shape index (κ2) is 6.08. The summed E-state index contributed by atoms with van der Waals surface area (Å²) >= 11 is 1.81. The maximum absolute atomic E-state index is 11.8. The molecule has 0 aromatic rings. The maximum Gasteiger partial charge on any atom is 0.214 e. The van der Waals surface area contributed by atoms with E-state index in [9.17, 15) is 8.42 Å². The highest BCUT2D eigenvalue weighted by atomic mass is 32.2. The smallest absolute Gasteiger partial charge is 0.214 e. The SMILES string of the molecule is CN(C1CCSC1)S(=O)(=O)CCCCO. The van der Waals surface area contributed by atoms with Crippen molar-refractivity contribution >= 4 is 21.8 Å². The van der Waals surface area contributed by atoms with Crippen LogP contribution in [0, 0.1) is 0 Å². The van der Waals surface area contributed by atoms with E-state index in [0.717, 1.165) is 17.9 Å². The fraction of sp³-hybridized carbons (Fsp3) is 1.00. The molecule has 6 heteroatoms. The highest BCUT2D eigenvalue weighted by Crippen LogP contribution is 2.23. The van der Waals surface area contributed by atoms with Gasteiger partial charge < -0.3 is 5.11 Å². The minimum Gasteiger partial charge on any atom is -0.396 e. The minimum atomic E-state index is -3.11. The molecule has 1 fully saturated rings. The van der Waals surface area contributed by atoms with Crippen LogP contribution in [0.15, 0.2) is 0 Å². The summed E-state index contributed by atoms with van der Waals surface area (Å²) in [4.78, 5) is 0. The Morgan fingerprint density at radius 3 is 2.73 bits per heavy atom. The third kappa shape index (κ3) is 3.94. The van der Waals surface area contributed by atoms with Crippen LogP contribution in [0.2, 0.25) is 0 Å². The molecule has 15 heavy (non-hydrogen) atoms. The fourth-order valence-electron chi connectivity index (χ4n) is 1.58. The van der Waals surface area contributed by atoms with Crippen LogP contribution in [0.1, 0.15) is 19.3 Å². The zero-order valence-electron chi connectivity index (χ0n) is 9.05. The van der Waals surface area contributed by atoms with E-state index >= 15 is 0 Å². The van der Waals surface area contributed by atoms with Crippen LogP contribution in [0.4, 0.5) is 0 Å². The van der Waals surface area contributed by atoms with Crippen LogP contribution >= 0.6 is 11.8 Å². The molecule has 0 aromatic heterocycles. The monoisotopic (exact) mass is 253 g/mol. The topological polar surface area (TPSA) is 57.6 Å². The van der Waals surface area contributed by atoms with E-state index in [1.165, 1.54) is 4.31 Å². The van der Waals surface area contributed by atoms with Gasteiger partial charge in [0.15, 0.2) is 0 Å². The molecular formula is C9H19NO3S2. The van der Waals surface area contributed by atoms with Crippen molar-refractivity contribution in [2.24, 2.45) is 0 Å². The molecule has 0 amide bonds. The molecule has 1 aliphatic heterocycles. The van der Waals surface area contributed by atoms with E-state index in [1.54, 1.807) is 7.05 Å². The van der Waals surface area contributed by atoms with Gasteiger partial charge in [0.25, 0.3) is 0 Å². The van der Waals surface area contributed by atoms with Gasteiger partial charge in [-0.3, -0.25) is 0 Å². The van der Waals surface area contributed by atoms with Crippen LogP contribution < -0.4 is 0 Å². The average Bonchev–Trinajstić information content (AvgIpc) is 2.69. The molecule has 4 nitrogen and oxygen atoms in total. The Bertz CT molecular complexity index is 273. The first-order valence-electron chi connectivity index (χ1n) is 5.22. The number of aliphatic hydroxyl groups is 1. The minimum absolute atomic E-state index is 0.0680. The van der Waals surface area contributed by atoms with Crippen molar-refractivity contribution in [2.75, 3.05) is 30.9 Å². The Hall–Kier alpha value is 0.220. The zero-order chi connectivity index (χ0) is 11.3. The summed E-state index contributed by atoms with van der Waals surface area (Å²) in [6.07, 6.45) is 2.07. The zero-order valence-corrected chi connectivity index (χ0v) is 10.7. The Balaban J connectivity index is 2.44. The molecule has 0 aliphatic carbocycles. The van der Waals surface area contributed by atoms with Gasteiger partial charge in [0, 0.05) is 25.4 Å². The fourth-order valence-corrected chi connectivity index (χ4v) is 4.43. The average molecular weight is 253 g/mol. The van der Waals surface area contributed by atoms with Crippen molar-refractivity contribution in [3.05, 3.63) is 0 Å². The van der Waals surface area contributed by atoms with Crippen LogP contribution in [0.3, 0.4) is 0 Å². The number of aliphatic hydroxyl groups excluding tert-OH is 1. The lowest BCUT2D eigenvalue weighted by atomic mass is 10.3. The standard InChI is InChI=1S/C9H19NO3S2/c1-10(9-4-6-14-8-9)15(12,13)7-3-2-5-11/h9,11H,2-8H2,1H3. The molecule has 0 spiro atoms. The predicted molar refractivity (Wildman–Crippen MR) is 63.6 cm³/mol. The Labute approximate surface area is 96.1 Å². The van der Waals surface area contributed by atoms with Gasteiger partial charge in [-0.25, -0.2) is 12.7 Å². The predicted octanol–water partition coefficient (Wildman–Crippen LogP) is 0.526. The van der Waals surface area contributed by atoms with E-state index in [4.69, 9.17) is 5.11 Å². The lowest BCUT2D eigenvalue weighted by Crippen LogP contribution is -2.38. The molecule has 0 aromatic carbocycles. The summed E-state index contributed by atoms with van der Waals surface area (Å²) in [6, 6.07) is 0.175. The molecule has 1 unspecified atom stereocenters. The third-order valence-corrected chi connectivity index (χ3v) is 5.79. The molecular weight excluding hydrogens is 234 g/mol. The van der Waals surface area contributed by atoms with Crippen molar-refractivity contribution in [3.63, 3.8) is 0 Å². The molecule has 1 rings (SSSR count). The largest absolute Gasteiger partial charge is 0.396 e. The normalized spacial score (nSPS) is 22.5. The molecule has 0 saturated carbocycles. The molecule has 1 N–H and O–H groups in total. The van der Waals surface area contributed by atoms with E-state index in [2.05, 4.69) is 0 Å². The third-order valence-electron chi connectivity index (χ3n) is 2.67. The maximum atomic E-state index is 11.8. The first-order valence-corrected chi connectivity index (χ1v) is 7.98. The number of rotatable bonds is 6. The summed E-state index contributed by atoms with van der Waals surface area (Å²) in [5, 5.41) is 8.60. The van der Waals surface area contributed by atoms with Gasteiger partial charge in [0.05, 0.1) is 5.75 Å². The number of hydrogen-bond donors (Lipinski definition) is 1. The summed E-state index contributed by atoms with van der Waals surface area (Å²) in [6.45, 7) is 0.0680. The quantitative estimate of drug-likeness (QED) is 0.701. The number of thioether (sulfide) groups is 1. The van der Waals surface area contributed by atoms with Gasteiger partial charge in [-0.1, -0.05) is 0 Å². The number of nitrogens with zero attached hydrogens (tertiary/aromatic N) is 1. The molecule has 0 bridgehead atoms. The van der Waals surface area contributed by atoms with Crippen LogP contribution in [-0.4, -0.2) is 54.8 Å². The van der Waals surface area contributed by atoms with Crippen LogP contribution in [0.5, 0.6) is 0 Å². The van der Waals surface area contributed by atoms with Gasteiger partial charge in [-0.05, 0) is 25.0 Å². The van der Waals surface area contributed by atoms with E-state index in [-0.39, 0.29) is 18.4 Å². The Morgan fingerprint density at radius 1 is 1.47 bits per heavy atom. The van der Waals surface area contributed by atoms with Crippen LogP contribution in [0.25, 0.3) is 0 Å². The van der Waals surface area contributed by atoms with Crippen molar-refractivity contribution < 1.29 is 13.5 Å². The Morgan fingerprint density at radius 2 is 2.20 bits per heavy atom. The summed E-state index contributed by atoms with van der Waals surface area (Å²) in [7, 11) is -1.44. The second-order valence-corrected chi connectivity index (χ2v) is 7.08. The van der Waals surface area contributed by atoms with Gasteiger partial charge in [-0.15, -0.1) is 0 Å². The van der Waals surface area contributed by atoms with Gasteiger partial charge >= 0.3 is 0 Å². The van der Waals surface area contributed by atoms with Gasteiger partial charge in [0.2, 0.25) is 10.0 Å². The number of sulfonamides is 1. The van der Waals surface area contributed by atoms with E-state index in [0.29, 0.717) is 12.8 Å². The molecule has 1 atom stereocenters. The molecule has 90 valence electrons. The molecule has 0 radical (unpaired) electrons. The highest BCUT2D eigenvalue weighted by Gasteiger charge is 2.28.